The van der Waals surface area contributed by atoms with E-state index in [0.29, 0.717) is 11.3 Å². The molecule has 0 radical (unpaired) electrons. The van der Waals surface area contributed by atoms with Crippen LogP contribution >= 0.6 is 0 Å². The van der Waals surface area contributed by atoms with Gasteiger partial charge in [-0.1, -0.05) is 12.1 Å². The Balaban J connectivity index is 1.98. The zero-order valence-electron chi connectivity index (χ0n) is 12.6. The molecule has 6 heteroatoms. The van der Waals surface area contributed by atoms with Crippen molar-refractivity contribution >= 4 is 17.5 Å². The fourth-order valence-electron chi connectivity index (χ4n) is 2.02. The van der Waals surface area contributed by atoms with Gasteiger partial charge >= 0.3 is 0 Å². The van der Waals surface area contributed by atoms with E-state index in [-0.39, 0.29) is 24.0 Å². The molecule has 114 valence electrons. The number of carbonyl (C=O) groups excluding carboxylic acids is 2. The highest BCUT2D eigenvalue weighted by Crippen LogP contribution is 2.18. The molecule has 1 aliphatic rings. The van der Waals surface area contributed by atoms with Crippen LogP contribution in [-0.2, 0) is 9.53 Å². The van der Waals surface area contributed by atoms with Crippen LogP contribution in [0.4, 0.5) is 5.69 Å². The molecule has 2 N–H and O–H groups in total. The number of hydrogen-bond acceptors (Lipinski definition) is 4. The van der Waals surface area contributed by atoms with E-state index in [4.69, 9.17) is 4.74 Å². The summed E-state index contributed by atoms with van der Waals surface area (Å²) in [4.78, 5) is 25.5. The average molecular weight is 291 g/mol. The number of para-hydroxylation sites is 1. The third-order valence-corrected chi connectivity index (χ3v) is 3.39. The SMILES string of the molecule is CN(C)C(=O)c1ccccc1NC(=O)COC1(C)CNC1. The van der Waals surface area contributed by atoms with Gasteiger partial charge in [0.25, 0.3) is 5.91 Å². The highest BCUT2D eigenvalue weighted by Gasteiger charge is 2.33. The Morgan fingerprint density at radius 3 is 2.57 bits per heavy atom. The molecule has 1 aliphatic heterocycles. The van der Waals surface area contributed by atoms with E-state index in [1.165, 1.54) is 4.90 Å². The van der Waals surface area contributed by atoms with Crippen molar-refractivity contribution in [2.45, 2.75) is 12.5 Å². The first-order chi connectivity index (χ1) is 9.91. The van der Waals surface area contributed by atoms with E-state index < -0.39 is 0 Å². The maximum absolute atomic E-state index is 12.1. The van der Waals surface area contributed by atoms with Gasteiger partial charge in [0, 0.05) is 27.2 Å². The van der Waals surface area contributed by atoms with Crippen molar-refractivity contribution in [3.8, 4) is 0 Å². The number of anilines is 1. The molecule has 21 heavy (non-hydrogen) atoms. The Kier molecular flexibility index (Phi) is 4.59. The molecule has 0 aromatic heterocycles. The molecule has 0 atom stereocenters. The van der Waals surface area contributed by atoms with Gasteiger partial charge in [-0.2, -0.15) is 0 Å². The van der Waals surface area contributed by atoms with Gasteiger partial charge in [-0.25, -0.2) is 0 Å². The molecular weight excluding hydrogens is 270 g/mol. The number of amides is 2. The minimum atomic E-state index is -0.268. The van der Waals surface area contributed by atoms with Gasteiger partial charge in [0.2, 0.25) is 5.91 Å². The lowest BCUT2D eigenvalue weighted by Gasteiger charge is -2.38. The van der Waals surface area contributed by atoms with E-state index in [1.807, 2.05) is 6.92 Å². The van der Waals surface area contributed by atoms with Crippen LogP contribution in [0.15, 0.2) is 24.3 Å². The van der Waals surface area contributed by atoms with E-state index in [1.54, 1.807) is 38.4 Å². The van der Waals surface area contributed by atoms with E-state index in [2.05, 4.69) is 10.6 Å². The topological polar surface area (TPSA) is 70.7 Å². The molecule has 0 spiro atoms. The molecule has 1 saturated heterocycles. The second-order valence-electron chi connectivity index (χ2n) is 5.64. The van der Waals surface area contributed by atoms with Crippen LogP contribution in [0.2, 0.25) is 0 Å². The third-order valence-electron chi connectivity index (χ3n) is 3.39. The highest BCUT2D eigenvalue weighted by molar-refractivity contribution is 6.03. The monoisotopic (exact) mass is 291 g/mol. The smallest absolute Gasteiger partial charge is 0.255 e. The summed E-state index contributed by atoms with van der Waals surface area (Å²) in [5.41, 5.74) is 0.699. The molecule has 1 heterocycles. The molecule has 6 nitrogen and oxygen atoms in total. The molecule has 0 aliphatic carbocycles. The third kappa shape index (κ3) is 3.80. The van der Waals surface area contributed by atoms with Crippen molar-refractivity contribution in [1.29, 1.82) is 0 Å². The van der Waals surface area contributed by atoms with Gasteiger partial charge in [-0.15, -0.1) is 0 Å². The van der Waals surface area contributed by atoms with Gasteiger partial charge < -0.3 is 20.3 Å². The minimum Gasteiger partial charge on any atom is -0.363 e. The minimum absolute atomic E-state index is 0.0251. The van der Waals surface area contributed by atoms with Crippen molar-refractivity contribution in [3.05, 3.63) is 29.8 Å². The second kappa shape index (κ2) is 6.24. The summed E-state index contributed by atoms with van der Waals surface area (Å²) in [5, 5.41) is 5.84. The van der Waals surface area contributed by atoms with Crippen molar-refractivity contribution in [1.82, 2.24) is 10.2 Å². The van der Waals surface area contributed by atoms with Gasteiger partial charge in [-0.05, 0) is 19.1 Å². The lowest BCUT2D eigenvalue weighted by molar-refractivity contribution is -0.130. The summed E-state index contributed by atoms with van der Waals surface area (Å²) < 4.78 is 5.58. The molecule has 0 bridgehead atoms. The summed E-state index contributed by atoms with van der Waals surface area (Å²) >= 11 is 0. The Morgan fingerprint density at radius 1 is 1.33 bits per heavy atom. The van der Waals surface area contributed by atoms with Gasteiger partial charge in [-0.3, -0.25) is 9.59 Å². The highest BCUT2D eigenvalue weighted by atomic mass is 16.5. The average Bonchev–Trinajstić information content (AvgIpc) is 2.43. The molecular formula is C15H21N3O3. The zero-order valence-corrected chi connectivity index (χ0v) is 12.6. The largest absolute Gasteiger partial charge is 0.363 e. The fourth-order valence-corrected chi connectivity index (χ4v) is 2.02. The Labute approximate surface area is 124 Å². The summed E-state index contributed by atoms with van der Waals surface area (Å²) in [7, 11) is 3.35. The number of nitrogens with zero attached hydrogens (tertiary/aromatic N) is 1. The number of nitrogens with one attached hydrogen (secondary N) is 2. The first-order valence-corrected chi connectivity index (χ1v) is 6.86. The molecule has 2 amide bonds. The van der Waals surface area contributed by atoms with Crippen LogP contribution in [0.1, 0.15) is 17.3 Å². The first kappa shape index (κ1) is 15.5. The van der Waals surface area contributed by atoms with Crippen LogP contribution < -0.4 is 10.6 Å². The Morgan fingerprint density at radius 2 is 2.00 bits per heavy atom. The van der Waals surface area contributed by atoms with Crippen LogP contribution in [0.5, 0.6) is 0 Å². The van der Waals surface area contributed by atoms with Crippen LogP contribution in [0.25, 0.3) is 0 Å². The summed E-state index contributed by atoms with van der Waals surface area (Å²) in [6.45, 7) is 3.43. The lowest BCUT2D eigenvalue weighted by Crippen LogP contribution is -2.59. The summed E-state index contributed by atoms with van der Waals surface area (Å²) in [6, 6.07) is 6.95. The number of benzene rings is 1. The van der Waals surface area contributed by atoms with Crippen LogP contribution in [0.3, 0.4) is 0 Å². The maximum atomic E-state index is 12.1. The molecule has 1 fully saturated rings. The standard InChI is InChI=1S/C15H21N3O3/c1-15(9-16-10-15)21-8-13(19)17-12-7-5-4-6-11(12)14(20)18(2)3/h4-7,16H,8-10H2,1-3H3,(H,17,19). The van der Waals surface area contributed by atoms with Gasteiger partial charge in [0.15, 0.2) is 0 Å². The summed E-state index contributed by atoms with van der Waals surface area (Å²) in [5.74, 6) is -0.413. The second-order valence-corrected chi connectivity index (χ2v) is 5.64. The Bertz CT molecular complexity index is 539. The Hall–Kier alpha value is -1.92. The maximum Gasteiger partial charge on any atom is 0.255 e. The quantitative estimate of drug-likeness (QED) is 0.838. The van der Waals surface area contributed by atoms with Crippen LogP contribution in [0, 0.1) is 0 Å². The number of carbonyl (C=O) groups is 2. The van der Waals surface area contributed by atoms with E-state index in [0.717, 1.165) is 13.1 Å². The molecule has 2 rings (SSSR count). The van der Waals surface area contributed by atoms with Gasteiger partial charge in [0.1, 0.15) is 6.61 Å². The van der Waals surface area contributed by atoms with Crippen molar-refractivity contribution in [3.63, 3.8) is 0 Å². The number of ether oxygens (including phenoxy) is 1. The van der Waals surface area contributed by atoms with Crippen molar-refractivity contribution < 1.29 is 14.3 Å². The molecule has 0 saturated carbocycles. The summed E-state index contributed by atoms with van der Waals surface area (Å²) in [6.07, 6.45) is 0. The normalized spacial score (nSPS) is 16.0. The van der Waals surface area contributed by atoms with Gasteiger partial charge in [0.05, 0.1) is 16.9 Å². The number of hydrogen-bond donors (Lipinski definition) is 2. The predicted octanol–water partition coefficient (Wildman–Crippen LogP) is 0.705. The van der Waals surface area contributed by atoms with E-state index in [9.17, 15) is 9.59 Å². The van der Waals surface area contributed by atoms with E-state index >= 15 is 0 Å². The van der Waals surface area contributed by atoms with Crippen molar-refractivity contribution in [2.24, 2.45) is 0 Å². The molecule has 1 aromatic rings. The molecule has 1 aromatic carbocycles. The zero-order chi connectivity index (χ0) is 15.5. The lowest BCUT2D eigenvalue weighted by atomic mass is 10.0. The fraction of sp³-hybridized carbons (Fsp3) is 0.467. The first-order valence-electron chi connectivity index (χ1n) is 6.86. The molecule has 0 unspecified atom stereocenters. The van der Waals surface area contributed by atoms with Crippen molar-refractivity contribution in [2.75, 3.05) is 39.1 Å². The predicted molar refractivity (Wildman–Crippen MR) is 80.3 cm³/mol. The number of rotatable bonds is 5. The van der Waals surface area contributed by atoms with Crippen LogP contribution in [-0.4, -0.2) is 56.1 Å².